The molecule has 0 fully saturated rings. The molecule has 0 saturated heterocycles. The lowest BCUT2D eigenvalue weighted by Crippen LogP contribution is -1.98. The van der Waals surface area contributed by atoms with E-state index in [4.69, 9.17) is 4.74 Å². The number of halogens is 1. The Morgan fingerprint density at radius 1 is 1.38 bits per heavy atom. The van der Waals surface area contributed by atoms with Crippen molar-refractivity contribution in [2.24, 2.45) is 0 Å². The van der Waals surface area contributed by atoms with Crippen LogP contribution in [0.5, 0.6) is 11.5 Å². The number of aromatic nitrogens is 3. The van der Waals surface area contributed by atoms with Crippen LogP contribution in [0.4, 0.5) is 10.1 Å². The third-order valence-electron chi connectivity index (χ3n) is 2.99. The fraction of sp³-hybridized carbons (Fsp3) is 0.0769. The predicted molar refractivity (Wildman–Crippen MR) is 70.9 cm³/mol. The molecule has 3 aromatic rings. The highest BCUT2D eigenvalue weighted by Gasteiger charge is 2.21. The van der Waals surface area contributed by atoms with Crippen LogP contribution in [0.2, 0.25) is 0 Å². The predicted octanol–water partition coefficient (Wildman–Crippen LogP) is 2.88. The molecule has 0 atom stereocenters. The van der Waals surface area contributed by atoms with E-state index < -0.39 is 10.7 Å². The molecule has 0 radical (unpaired) electrons. The van der Waals surface area contributed by atoms with E-state index in [2.05, 4.69) is 10.1 Å². The normalized spacial score (nSPS) is 10.8. The molecule has 0 saturated carbocycles. The zero-order chi connectivity index (χ0) is 15.0. The summed E-state index contributed by atoms with van der Waals surface area (Å²) in [6, 6.07) is 5.24. The Labute approximate surface area is 117 Å². The van der Waals surface area contributed by atoms with Gasteiger partial charge < -0.3 is 4.74 Å². The zero-order valence-electron chi connectivity index (χ0n) is 10.9. The summed E-state index contributed by atoms with van der Waals surface area (Å²) >= 11 is 0. The van der Waals surface area contributed by atoms with Crippen molar-refractivity contribution in [3.63, 3.8) is 0 Å². The molecule has 106 valence electrons. The zero-order valence-corrected chi connectivity index (χ0v) is 10.9. The summed E-state index contributed by atoms with van der Waals surface area (Å²) in [4.78, 5) is 14.4. The van der Waals surface area contributed by atoms with Gasteiger partial charge in [0.15, 0.2) is 5.65 Å². The number of fused-ring (bicyclic) bond motifs is 1. The molecule has 21 heavy (non-hydrogen) atoms. The third kappa shape index (κ3) is 2.27. The third-order valence-corrected chi connectivity index (χ3v) is 2.99. The number of nitrogens with zero attached hydrogens (tertiary/aromatic N) is 4. The van der Waals surface area contributed by atoms with Gasteiger partial charge in [-0.1, -0.05) is 0 Å². The Bertz CT molecular complexity index is 847. The average molecular weight is 288 g/mol. The Morgan fingerprint density at radius 2 is 2.19 bits per heavy atom. The van der Waals surface area contributed by atoms with Crippen molar-refractivity contribution in [2.75, 3.05) is 0 Å². The van der Waals surface area contributed by atoms with Crippen LogP contribution in [0.1, 0.15) is 5.56 Å². The number of nitro benzene ring substituents is 1. The van der Waals surface area contributed by atoms with Crippen molar-refractivity contribution in [3.8, 4) is 11.5 Å². The van der Waals surface area contributed by atoms with Crippen LogP contribution < -0.4 is 4.74 Å². The minimum atomic E-state index is -0.614. The SMILES string of the molecule is Cc1c(F)ccc([N+](=O)[O-])c1Oc1ccn2ncnc2c1. The number of pyridine rings is 1. The molecule has 2 aromatic heterocycles. The number of hydrogen-bond acceptors (Lipinski definition) is 5. The highest BCUT2D eigenvalue weighted by atomic mass is 19.1. The Morgan fingerprint density at radius 3 is 2.95 bits per heavy atom. The van der Waals surface area contributed by atoms with Crippen LogP contribution in [0.15, 0.2) is 36.8 Å². The van der Waals surface area contributed by atoms with E-state index in [9.17, 15) is 14.5 Å². The summed E-state index contributed by atoms with van der Waals surface area (Å²) in [7, 11) is 0. The van der Waals surface area contributed by atoms with Crippen LogP contribution in [-0.4, -0.2) is 19.5 Å². The summed E-state index contributed by atoms with van der Waals surface area (Å²) in [5.41, 5.74) is 0.296. The van der Waals surface area contributed by atoms with Crippen LogP contribution in [-0.2, 0) is 0 Å². The first-order chi connectivity index (χ1) is 10.1. The fourth-order valence-corrected chi connectivity index (χ4v) is 1.90. The molecular weight excluding hydrogens is 279 g/mol. The lowest BCUT2D eigenvalue weighted by molar-refractivity contribution is -0.385. The fourth-order valence-electron chi connectivity index (χ4n) is 1.90. The number of benzene rings is 1. The van der Waals surface area contributed by atoms with Gasteiger partial charge in [-0.2, -0.15) is 5.10 Å². The first-order valence-corrected chi connectivity index (χ1v) is 5.97. The second-order valence-electron chi connectivity index (χ2n) is 4.31. The molecule has 0 aliphatic carbocycles. The van der Waals surface area contributed by atoms with Crippen molar-refractivity contribution in [1.82, 2.24) is 14.6 Å². The van der Waals surface area contributed by atoms with Crippen molar-refractivity contribution in [2.45, 2.75) is 6.92 Å². The molecule has 0 aliphatic rings. The van der Waals surface area contributed by atoms with Crippen LogP contribution in [0.25, 0.3) is 5.65 Å². The molecule has 0 N–H and O–H groups in total. The van der Waals surface area contributed by atoms with Crippen molar-refractivity contribution >= 4 is 11.3 Å². The summed E-state index contributed by atoms with van der Waals surface area (Å²) < 4.78 is 20.6. The van der Waals surface area contributed by atoms with Gasteiger partial charge in [-0.15, -0.1) is 0 Å². The van der Waals surface area contributed by atoms with Crippen molar-refractivity contribution in [1.29, 1.82) is 0 Å². The molecule has 2 heterocycles. The van der Waals surface area contributed by atoms with E-state index in [1.54, 1.807) is 18.3 Å². The van der Waals surface area contributed by atoms with Crippen LogP contribution in [0.3, 0.4) is 0 Å². The average Bonchev–Trinajstić information content (AvgIpc) is 2.91. The standard InChI is InChI=1S/C13H9FN4O3/c1-8-10(14)2-3-11(18(19)20)13(8)21-9-4-5-17-12(6-9)15-7-16-17/h2-7H,1H3. The number of hydrogen-bond donors (Lipinski definition) is 0. The van der Waals surface area contributed by atoms with Gasteiger partial charge in [-0.05, 0) is 19.1 Å². The van der Waals surface area contributed by atoms with Crippen LogP contribution >= 0.6 is 0 Å². The van der Waals surface area contributed by atoms with Gasteiger partial charge in [0.1, 0.15) is 17.9 Å². The van der Waals surface area contributed by atoms with Crippen molar-refractivity contribution < 1.29 is 14.1 Å². The molecule has 7 nitrogen and oxygen atoms in total. The van der Waals surface area contributed by atoms with E-state index in [-0.39, 0.29) is 17.0 Å². The number of ether oxygens (including phenoxy) is 1. The van der Waals surface area contributed by atoms with Gasteiger partial charge in [0.2, 0.25) is 5.75 Å². The van der Waals surface area contributed by atoms with E-state index >= 15 is 0 Å². The lowest BCUT2D eigenvalue weighted by atomic mass is 10.2. The highest BCUT2D eigenvalue weighted by Crippen LogP contribution is 2.35. The van der Waals surface area contributed by atoms with Gasteiger partial charge in [0.05, 0.1) is 4.92 Å². The molecule has 0 unspecified atom stereocenters. The topological polar surface area (TPSA) is 82.6 Å². The maximum atomic E-state index is 13.6. The molecule has 0 bridgehead atoms. The molecule has 0 amide bonds. The van der Waals surface area contributed by atoms with Crippen LogP contribution in [0, 0.1) is 22.9 Å². The monoisotopic (exact) mass is 288 g/mol. The first-order valence-electron chi connectivity index (χ1n) is 5.97. The Balaban J connectivity index is 2.07. The number of rotatable bonds is 3. The van der Waals surface area contributed by atoms with E-state index in [1.807, 2.05) is 0 Å². The van der Waals surface area contributed by atoms with Gasteiger partial charge in [-0.25, -0.2) is 13.9 Å². The second-order valence-corrected chi connectivity index (χ2v) is 4.31. The Hall–Kier alpha value is -3.03. The second kappa shape index (κ2) is 4.82. The summed E-state index contributed by atoms with van der Waals surface area (Å²) in [6.45, 7) is 1.42. The maximum Gasteiger partial charge on any atom is 0.312 e. The maximum absolute atomic E-state index is 13.6. The van der Waals surface area contributed by atoms with Gasteiger partial charge in [-0.3, -0.25) is 10.1 Å². The molecule has 1 aromatic carbocycles. The smallest absolute Gasteiger partial charge is 0.312 e. The van der Waals surface area contributed by atoms with E-state index in [1.165, 1.54) is 17.8 Å². The molecular formula is C13H9FN4O3. The van der Waals surface area contributed by atoms with E-state index in [0.717, 1.165) is 12.1 Å². The van der Waals surface area contributed by atoms with E-state index in [0.29, 0.717) is 11.4 Å². The first kappa shape index (κ1) is 13.0. The summed E-state index contributed by atoms with van der Waals surface area (Å²) in [5.74, 6) is -0.379. The minimum absolute atomic E-state index is 0.0746. The molecule has 0 spiro atoms. The summed E-state index contributed by atoms with van der Waals surface area (Å²) in [5, 5.41) is 14.9. The summed E-state index contributed by atoms with van der Waals surface area (Å²) in [6.07, 6.45) is 2.97. The quantitative estimate of drug-likeness (QED) is 0.546. The molecule has 3 rings (SSSR count). The number of nitro groups is 1. The van der Waals surface area contributed by atoms with Gasteiger partial charge in [0.25, 0.3) is 0 Å². The molecule has 8 heteroatoms. The molecule has 0 aliphatic heterocycles. The van der Waals surface area contributed by atoms with Crippen molar-refractivity contribution in [3.05, 3.63) is 58.3 Å². The lowest BCUT2D eigenvalue weighted by Gasteiger charge is -2.09. The Kier molecular flexibility index (Phi) is 2.98. The highest BCUT2D eigenvalue weighted by molar-refractivity contribution is 5.54. The van der Waals surface area contributed by atoms with Gasteiger partial charge >= 0.3 is 5.69 Å². The minimum Gasteiger partial charge on any atom is -0.450 e. The largest absolute Gasteiger partial charge is 0.450 e. The van der Waals surface area contributed by atoms with Gasteiger partial charge in [0, 0.05) is 23.9 Å².